The zero-order valence-electron chi connectivity index (χ0n) is 19.4. The molecule has 4 rings (SSSR count). The first-order valence-corrected chi connectivity index (χ1v) is 11.7. The average Bonchev–Trinajstić information content (AvgIpc) is 3.12. The molecule has 1 aromatic heterocycles. The van der Waals surface area contributed by atoms with Gasteiger partial charge in [-0.3, -0.25) is 9.69 Å². The minimum atomic E-state index is -0.388. The highest BCUT2D eigenvalue weighted by Gasteiger charge is 2.29. The Hall–Kier alpha value is -3.71. The van der Waals surface area contributed by atoms with Gasteiger partial charge < -0.3 is 15.0 Å². The van der Waals surface area contributed by atoms with E-state index in [-0.39, 0.29) is 17.9 Å². The van der Waals surface area contributed by atoms with Gasteiger partial charge >= 0.3 is 5.97 Å². The molecular formula is C27H30N4O3. The summed E-state index contributed by atoms with van der Waals surface area (Å²) in [5, 5.41) is 3.08. The number of aromatic nitrogens is 1. The highest BCUT2D eigenvalue weighted by atomic mass is 16.5. The van der Waals surface area contributed by atoms with Crippen LogP contribution in [0.25, 0.3) is 0 Å². The van der Waals surface area contributed by atoms with Gasteiger partial charge in [0.05, 0.1) is 12.2 Å². The first-order chi connectivity index (χ1) is 16.7. The molecule has 0 radical (unpaired) electrons. The summed E-state index contributed by atoms with van der Waals surface area (Å²) in [6.07, 6.45) is 2.46. The molecule has 1 atom stereocenters. The Morgan fingerprint density at radius 2 is 1.68 bits per heavy atom. The number of nitrogens with zero attached hydrogens (tertiary/aromatic N) is 3. The van der Waals surface area contributed by atoms with Crippen LogP contribution in [0, 0.1) is 0 Å². The van der Waals surface area contributed by atoms with Crippen LogP contribution in [0.3, 0.4) is 0 Å². The molecule has 176 valence electrons. The molecule has 0 spiro atoms. The van der Waals surface area contributed by atoms with Crippen LogP contribution >= 0.6 is 0 Å². The monoisotopic (exact) mass is 458 g/mol. The molecule has 1 N–H and O–H groups in total. The van der Waals surface area contributed by atoms with Gasteiger partial charge in [-0.05, 0) is 43.2 Å². The van der Waals surface area contributed by atoms with Crippen LogP contribution in [0.5, 0.6) is 0 Å². The summed E-state index contributed by atoms with van der Waals surface area (Å²) in [5.74, 6) is 0.418. The van der Waals surface area contributed by atoms with Gasteiger partial charge in [0, 0.05) is 38.1 Å². The third-order valence-electron chi connectivity index (χ3n) is 5.88. The zero-order chi connectivity index (χ0) is 23.8. The largest absolute Gasteiger partial charge is 0.462 e. The minimum absolute atomic E-state index is 0.0391. The lowest BCUT2D eigenvalue weighted by atomic mass is 10.0. The number of hydrogen-bond acceptors (Lipinski definition) is 6. The molecule has 1 amide bonds. The summed E-state index contributed by atoms with van der Waals surface area (Å²) in [6, 6.07) is 22.7. The number of hydrogen-bond donors (Lipinski definition) is 1. The number of benzene rings is 2. The predicted molar refractivity (Wildman–Crippen MR) is 133 cm³/mol. The summed E-state index contributed by atoms with van der Waals surface area (Å²) < 4.78 is 5.04. The van der Waals surface area contributed by atoms with Gasteiger partial charge in [-0.1, -0.05) is 48.5 Å². The van der Waals surface area contributed by atoms with Gasteiger partial charge in [0.25, 0.3) is 0 Å². The van der Waals surface area contributed by atoms with Crippen LogP contribution in [0.1, 0.15) is 35.3 Å². The zero-order valence-corrected chi connectivity index (χ0v) is 19.4. The second-order valence-electron chi connectivity index (χ2n) is 8.17. The summed E-state index contributed by atoms with van der Waals surface area (Å²) in [7, 11) is 0. The van der Waals surface area contributed by atoms with Crippen molar-refractivity contribution in [1.29, 1.82) is 0 Å². The van der Waals surface area contributed by atoms with Crippen LogP contribution in [0.15, 0.2) is 79.0 Å². The van der Waals surface area contributed by atoms with Crippen molar-refractivity contribution in [2.24, 2.45) is 0 Å². The molecule has 1 aliphatic heterocycles. The fourth-order valence-electron chi connectivity index (χ4n) is 4.23. The molecule has 1 unspecified atom stereocenters. The molecule has 0 saturated carbocycles. The van der Waals surface area contributed by atoms with E-state index in [1.54, 1.807) is 19.2 Å². The first kappa shape index (κ1) is 23.4. The molecule has 1 aliphatic rings. The number of nitrogens with one attached hydrogen (secondary N) is 1. The lowest BCUT2D eigenvalue weighted by molar-refractivity contribution is -0.121. The Bertz CT molecular complexity index is 1070. The molecule has 1 fully saturated rings. The van der Waals surface area contributed by atoms with E-state index in [1.165, 1.54) is 0 Å². The van der Waals surface area contributed by atoms with Crippen LogP contribution in [0.4, 0.5) is 11.5 Å². The molecule has 0 bridgehead atoms. The Morgan fingerprint density at radius 1 is 0.941 bits per heavy atom. The highest BCUT2D eigenvalue weighted by molar-refractivity contribution is 5.95. The fourth-order valence-corrected chi connectivity index (χ4v) is 4.23. The minimum Gasteiger partial charge on any atom is -0.462 e. The summed E-state index contributed by atoms with van der Waals surface area (Å²) in [4.78, 5) is 34.3. The summed E-state index contributed by atoms with van der Waals surface area (Å²) >= 11 is 0. The number of rotatable bonds is 7. The maximum absolute atomic E-state index is 13.4. The van der Waals surface area contributed by atoms with E-state index in [0.29, 0.717) is 18.7 Å². The number of pyridine rings is 1. The SMILES string of the molecule is CCOC(=O)c1ccc(N2CCCN(C(C(=O)Nc3ccccc3)c3ccccc3)CC2)nc1. The van der Waals surface area contributed by atoms with E-state index in [9.17, 15) is 9.59 Å². The number of amides is 1. The standard InChI is InChI=1S/C27H30N4O3/c1-2-34-27(33)22-14-15-24(28-20-22)30-16-9-17-31(19-18-30)25(21-10-5-3-6-11-21)26(32)29-23-12-7-4-8-13-23/h3-8,10-15,20,25H,2,9,16-19H2,1H3,(H,29,32). The van der Waals surface area contributed by atoms with Gasteiger partial charge in [0.1, 0.15) is 11.9 Å². The van der Waals surface area contributed by atoms with E-state index >= 15 is 0 Å². The number of esters is 1. The third-order valence-corrected chi connectivity index (χ3v) is 5.88. The number of carbonyl (C=O) groups is 2. The van der Waals surface area contributed by atoms with Gasteiger partial charge in [-0.2, -0.15) is 0 Å². The van der Waals surface area contributed by atoms with Gasteiger partial charge in [0.2, 0.25) is 5.91 Å². The second-order valence-corrected chi connectivity index (χ2v) is 8.17. The van der Waals surface area contributed by atoms with Crippen LogP contribution in [-0.2, 0) is 9.53 Å². The molecule has 1 saturated heterocycles. The van der Waals surface area contributed by atoms with Crippen LogP contribution in [0.2, 0.25) is 0 Å². The molecule has 2 aromatic carbocycles. The van der Waals surface area contributed by atoms with Gasteiger partial charge in [0.15, 0.2) is 0 Å². The summed E-state index contributed by atoms with van der Waals surface area (Å²) in [6.45, 7) is 5.18. The quantitative estimate of drug-likeness (QED) is 0.536. The van der Waals surface area contributed by atoms with E-state index in [0.717, 1.165) is 43.1 Å². The number of ether oxygens (including phenoxy) is 1. The number of carbonyl (C=O) groups excluding carboxylic acids is 2. The molecule has 2 heterocycles. The fraction of sp³-hybridized carbons (Fsp3) is 0.296. The third kappa shape index (κ3) is 5.80. The van der Waals surface area contributed by atoms with E-state index in [4.69, 9.17) is 4.74 Å². The molecule has 34 heavy (non-hydrogen) atoms. The molecule has 3 aromatic rings. The maximum Gasteiger partial charge on any atom is 0.339 e. The molecule has 0 aliphatic carbocycles. The van der Waals surface area contributed by atoms with Crippen LogP contribution in [-0.4, -0.2) is 54.5 Å². The van der Waals surface area contributed by atoms with E-state index in [1.807, 2.05) is 66.7 Å². The predicted octanol–water partition coefficient (Wildman–Crippen LogP) is 4.15. The molecular weight excluding hydrogens is 428 g/mol. The Morgan fingerprint density at radius 3 is 2.35 bits per heavy atom. The van der Waals surface area contributed by atoms with Crippen molar-refractivity contribution in [3.63, 3.8) is 0 Å². The van der Waals surface area contributed by atoms with Crippen molar-refractivity contribution in [2.75, 3.05) is 43.0 Å². The smallest absolute Gasteiger partial charge is 0.339 e. The van der Waals surface area contributed by atoms with Crippen molar-refractivity contribution in [3.8, 4) is 0 Å². The topological polar surface area (TPSA) is 74.8 Å². The van der Waals surface area contributed by atoms with Crippen molar-refractivity contribution in [1.82, 2.24) is 9.88 Å². The Labute approximate surface area is 200 Å². The lowest BCUT2D eigenvalue weighted by Gasteiger charge is -2.30. The van der Waals surface area contributed by atoms with Gasteiger partial charge in [-0.15, -0.1) is 0 Å². The lowest BCUT2D eigenvalue weighted by Crippen LogP contribution is -2.39. The highest BCUT2D eigenvalue weighted by Crippen LogP contribution is 2.25. The molecule has 7 heteroatoms. The average molecular weight is 459 g/mol. The number of anilines is 2. The second kappa shape index (κ2) is 11.4. The van der Waals surface area contributed by atoms with Crippen molar-refractivity contribution < 1.29 is 14.3 Å². The van der Waals surface area contributed by atoms with Crippen molar-refractivity contribution in [3.05, 3.63) is 90.1 Å². The first-order valence-electron chi connectivity index (χ1n) is 11.7. The van der Waals surface area contributed by atoms with E-state index in [2.05, 4.69) is 20.1 Å². The van der Waals surface area contributed by atoms with Crippen molar-refractivity contribution in [2.45, 2.75) is 19.4 Å². The Balaban J connectivity index is 1.48. The summed E-state index contributed by atoms with van der Waals surface area (Å²) in [5.41, 5.74) is 2.21. The molecule has 7 nitrogen and oxygen atoms in total. The van der Waals surface area contributed by atoms with E-state index < -0.39 is 0 Å². The van der Waals surface area contributed by atoms with Crippen molar-refractivity contribution >= 4 is 23.4 Å². The normalized spacial score (nSPS) is 15.3. The number of para-hydroxylation sites is 1. The maximum atomic E-state index is 13.4. The van der Waals surface area contributed by atoms with Gasteiger partial charge in [-0.25, -0.2) is 9.78 Å². The Kier molecular flexibility index (Phi) is 7.88. The van der Waals surface area contributed by atoms with Crippen LogP contribution < -0.4 is 10.2 Å².